The number of nitrogens with one attached hydrogen (secondary N) is 1. The topological polar surface area (TPSA) is 84.6 Å². The van der Waals surface area contributed by atoms with Crippen molar-refractivity contribution in [1.82, 2.24) is 5.32 Å². The first-order valence-corrected chi connectivity index (χ1v) is 5.51. The van der Waals surface area contributed by atoms with E-state index in [1.807, 2.05) is 0 Å². The average molecular weight is 216 g/mol. The van der Waals surface area contributed by atoms with E-state index in [-0.39, 0.29) is 0 Å². The molecule has 5 nitrogen and oxygen atoms in total. The van der Waals surface area contributed by atoms with Gasteiger partial charge in [0.15, 0.2) is 0 Å². The molecule has 4 N–H and O–H groups in total. The van der Waals surface area contributed by atoms with Crippen LogP contribution in [0.25, 0.3) is 0 Å². The lowest BCUT2D eigenvalue weighted by molar-refractivity contribution is -0.138. The summed E-state index contributed by atoms with van der Waals surface area (Å²) in [5.41, 5.74) is 5.34. The number of ether oxygens (including phenoxy) is 1. The number of carboxylic acid groups (broad SMARTS) is 1. The normalized spacial score (nSPS) is 23.7. The highest BCUT2D eigenvalue weighted by Crippen LogP contribution is 2.14. The Morgan fingerprint density at radius 2 is 2.40 bits per heavy atom. The van der Waals surface area contributed by atoms with Crippen LogP contribution in [-0.4, -0.2) is 42.9 Å². The molecular formula is C10H20N2O3. The molecule has 2 unspecified atom stereocenters. The van der Waals surface area contributed by atoms with Crippen LogP contribution in [0.2, 0.25) is 0 Å². The van der Waals surface area contributed by atoms with E-state index in [4.69, 9.17) is 15.6 Å². The second-order valence-corrected chi connectivity index (χ2v) is 3.93. The van der Waals surface area contributed by atoms with E-state index in [2.05, 4.69) is 5.32 Å². The Morgan fingerprint density at radius 3 is 3.00 bits per heavy atom. The summed E-state index contributed by atoms with van der Waals surface area (Å²) in [4.78, 5) is 10.4. The van der Waals surface area contributed by atoms with Gasteiger partial charge in [0.05, 0.1) is 6.10 Å². The van der Waals surface area contributed by atoms with Crippen molar-refractivity contribution in [3.05, 3.63) is 0 Å². The SMILES string of the molecule is NC(CNCCC1CCCCO1)C(=O)O. The van der Waals surface area contributed by atoms with E-state index < -0.39 is 12.0 Å². The molecule has 0 aromatic rings. The lowest BCUT2D eigenvalue weighted by Gasteiger charge is -2.22. The van der Waals surface area contributed by atoms with Gasteiger partial charge in [0.25, 0.3) is 0 Å². The maximum atomic E-state index is 10.4. The van der Waals surface area contributed by atoms with Gasteiger partial charge in [-0.15, -0.1) is 0 Å². The summed E-state index contributed by atoms with van der Waals surface area (Å²) in [5, 5.41) is 11.6. The Hall–Kier alpha value is -0.650. The van der Waals surface area contributed by atoms with E-state index in [1.54, 1.807) is 0 Å². The van der Waals surface area contributed by atoms with Crippen LogP contribution in [-0.2, 0) is 9.53 Å². The van der Waals surface area contributed by atoms with Gasteiger partial charge in [-0.2, -0.15) is 0 Å². The third-order valence-electron chi connectivity index (χ3n) is 2.60. The highest BCUT2D eigenvalue weighted by atomic mass is 16.5. The number of rotatable bonds is 6. The van der Waals surface area contributed by atoms with Crippen LogP contribution < -0.4 is 11.1 Å². The molecule has 0 saturated carbocycles. The molecule has 0 bridgehead atoms. The molecule has 2 atom stereocenters. The van der Waals surface area contributed by atoms with Crippen molar-refractivity contribution in [3.8, 4) is 0 Å². The Balaban J connectivity index is 1.98. The molecule has 1 saturated heterocycles. The molecule has 1 aliphatic heterocycles. The maximum Gasteiger partial charge on any atom is 0.321 e. The lowest BCUT2D eigenvalue weighted by Crippen LogP contribution is -2.41. The molecule has 1 fully saturated rings. The Bertz CT molecular complexity index is 193. The molecule has 0 aliphatic carbocycles. The molecule has 0 radical (unpaired) electrons. The molecule has 1 heterocycles. The number of nitrogens with two attached hydrogens (primary N) is 1. The van der Waals surface area contributed by atoms with Gasteiger partial charge in [-0.1, -0.05) is 0 Å². The zero-order chi connectivity index (χ0) is 11.1. The first kappa shape index (κ1) is 12.4. The summed E-state index contributed by atoms with van der Waals surface area (Å²) >= 11 is 0. The molecule has 88 valence electrons. The largest absolute Gasteiger partial charge is 0.480 e. The number of hydrogen-bond acceptors (Lipinski definition) is 4. The highest BCUT2D eigenvalue weighted by molar-refractivity contribution is 5.73. The Labute approximate surface area is 90.0 Å². The maximum absolute atomic E-state index is 10.4. The third-order valence-corrected chi connectivity index (χ3v) is 2.60. The third kappa shape index (κ3) is 5.11. The Morgan fingerprint density at radius 1 is 1.60 bits per heavy atom. The summed E-state index contributed by atoms with van der Waals surface area (Å²) in [7, 11) is 0. The second-order valence-electron chi connectivity index (χ2n) is 3.93. The van der Waals surface area contributed by atoms with Gasteiger partial charge in [-0.05, 0) is 32.2 Å². The minimum Gasteiger partial charge on any atom is -0.480 e. The van der Waals surface area contributed by atoms with E-state index in [0.717, 1.165) is 32.4 Å². The van der Waals surface area contributed by atoms with Crippen molar-refractivity contribution < 1.29 is 14.6 Å². The van der Waals surface area contributed by atoms with Gasteiger partial charge in [0, 0.05) is 13.2 Å². The quantitative estimate of drug-likeness (QED) is 0.542. The molecule has 0 aromatic carbocycles. The van der Waals surface area contributed by atoms with Crippen LogP contribution in [0.5, 0.6) is 0 Å². The van der Waals surface area contributed by atoms with Gasteiger partial charge in [0.1, 0.15) is 6.04 Å². The van der Waals surface area contributed by atoms with Crippen molar-refractivity contribution in [2.24, 2.45) is 5.73 Å². The van der Waals surface area contributed by atoms with E-state index in [0.29, 0.717) is 12.6 Å². The van der Waals surface area contributed by atoms with Crippen LogP contribution in [0.4, 0.5) is 0 Å². The fourth-order valence-corrected chi connectivity index (χ4v) is 1.64. The minimum atomic E-state index is -0.962. The fourth-order valence-electron chi connectivity index (χ4n) is 1.64. The van der Waals surface area contributed by atoms with Gasteiger partial charge >= 0.3 is 5.97 Å². The summed E-state index contributed by atoms with van der Waals surface area (Å²) < 4.78 is 5.54. The summed E-state index contributed by atoms with van der Waals surface area (Å²) in [6.07, 6.45) is 4.79. The summed E-state index contributed by atoms with van der Waals surface area (Å²) in [6.45, 7) is 1.95. The van der Waals surface area contributed by atoms with Gasteiger partial charge in [0.2, 0.25) is 0 Å². The molecule has 15 heavy (non-hydrogen) atoms. The fraction of sp³-hybridized carbons (Fsp3) is 0.900. The van der Waals surface area contributed by atoms with Crippen LogP contribution in [0, 0.1) is 0 Å². The van der Waals surface area contributed by atoms with Crippen LogP contribution in [0.1, 0.15) is 25.7 Å². The molecular weight excluding hydrogens is 196 g/mol. The van der Waals surface area contributed by atoms with Gasteiger partial charge in [-0.25, -0.2) is 0 Å². The van der Waals surface area contributed by atoms with E-state index in [9.17, 15) is 4.79 Å². The van der Waals surface area contributed by atoms with Crippen molar-refractivity contribution in [2.75, 3.05) is 19.7 Å². The van der Waals surface area contributed by atoms with Crippen molar-refractivity contribution >= 4 is 5.97 Å². The van der Waals surface area contributed by atoms with Crippen LogP contribution in [0.15, 0.2) is 0 Å². The minimum absolute atomic E-state index is 0.321. The highest BCUT2D eigenvalue weighted by Gasteiger charge is 2.14. The Kier molecular flexibility index (Phi) is 5.60. The van der Waals surface area contributed by atoms with Gasteiger partial charge < -0.3 is 20.9 Å². The number of aliphatic carboxylic acids is 1. The zero-order valence-corrected chi connectivity index (χ0v) is 8.95. The predicted octanol–water partition coefficient (Wildman–Crippen LogP) is -0.0529. The van der Waals surface area contributed by atoms with Crippen LogP contribution >= 0.6 is 0 Å². The molecule has 1 aliphatic rings. The smallest absolute Gasteiger partial charge is 0.321 e. The molecule has 0 aromatic heterocycles. The molecule has 0 spiro atoms. The molecule has 5 heteroatoms. The van der Waals surface area contributed by atoms with E-state index >= 15 is 0 Å². The monoisotopic (exact) mass is 216 g/mol. The first-order valence-electron chi connectivity index (χ1n) is 5.51. The lowest BCUT2D eigenvalue weighted by atomic mass is 10.1. The first-order chi connectivity index (χ1) is 7.20. The average Bonchev–Trinajstić information content (AvgIpc) is 2.25. The van der Waals surface area contributed by atoms with Crippen molar-refractivity contribution in [1.29, 1.82) is 0 Å². The van der Waals surface area contributed by atoms with Crippen LogP contribution in [0.3, 0.4) is 0 Å². The second kappa shape index (κ2) is 6.76. The van der Waals surface area contributed by atoms with E-state index in [1.165, 1.54) is 6.42 Å². The van der Waals surface area contributed by atoms with Crippen molar-refractivity contribution in [2.45, 2.75) is 37.8 Å². The summed E-state index contributed by atoms with van der Waals surface area (Å²) in [6, 6.07) is -0.808. The van der Waals surface area contributed by atoms with Gasteiger partial charge in [-0.3, -0.25) is 4.79 Å². The number of hydrogen-bond donors (Lipinski definition) is 3. The zero-order valence-electron chi connectivity index (χ0n) is 8.95. The molecule has 0 amide bonds. The number of carbonyl (C=O) groups is 1. The standard InChI is InChI=1S/C10H20N2O3/c11-9(10(13)14)7-12-5-4-8-3-1-2-6-15-8/h8-9,12H,1-7,11H2,(H,13,14). The number of carboxylic acids is 1. The summed E-state index contributed by atoms with van der Waals surface area (Å²) in [5.74, 6) is -0.962. The van der Waals surface area contributed by atoms with Crippen molar-refractivity contribution in [3.63, 3.8) is 0 Å². The predicted molar refractivity (Wildman–Crippen MR) is 56.7 cm³/mol. The molecule has 1 rings (SSSR count).